The van der Waals surface area contributed by atoms with Crippen molar-refractivity contribution < 1.29 is 0 Å². The zero-order chi connectivity index (χ0) is 7.28. The minimum Gasteiger partial charge on any atom is -0.362 e. The van der Waals surface area contributed by atoms with E-state index in [1.165, 1.54) is 6.42 Å². The van der Waals surface area contributed by atoms with E-state index in [1.807, 2.05) is 0 Å². The van der Waals surface area contributed by atoms with Crippen LogP contribution >= 0.6 is 0 Å². The molecule has 0 aliphatic carbocycles. The van der Waals surface area contributed by atoms with Gasteiger partial charge in [-0.2, -0.15) is 0 Å². The van der Waals surface area contributed by atoms with E-state index in [-0.39, 0.29) is 0 Å². The Kier molecular flexibility index (Phi) is 4.97. The summed E-state index contributed by atoms with van der Waals surface area (Å²) in [5, 5.41) is 3.43. The van der Waals surface area contributed by atoms with Crippen LogP contribution in [0.4, 0.5) is 0 Å². The Balaban J connectivity index is 3.16. The maximum atomic E-state index is 3.43. The quantitative estimate of drug-likeness (QED) is 0.560. The van der Waals surface area contributed by atoms with Crippen molar-refractivity contribution in [2.24, 2.45) is 0 Å². The highest BCUT2D eigenvalue weighted by molar-refractivity contribution is 7.19. The zero-order valence-corrected chi connectivity index (χ0v) is 7.07. The van der Waals surface area contributed by atoms with Gasteiger partial charge in [-0.15, -0.1) is 0 Å². The van der Waals surface area contributed by atoms with Crippen LogP contribution in [-0.4, -0.2) is 19.9 Å². The molecule has 0 rings (SSSR count). The molecule has 0 saturated heterocycles. The van der Waals surface area contributed by atoms with Gasteiger partial charge in [0.15, 0.2) is 6.74 Å². The van der Waals surface area contributed by atoms with Crippen molar-refractivity contribution in [2.45, 2.75) is 33.8 Å². The summed E-state index contributed by atoms with van der Waals surface area (Å²) in [5.41, 5.74) is 0. The average molecular weight is 125 g/mol. The van der Waals surface area contributed by atoms with Crippen LogP contribution < -0.4 is 5.23 Å². The standard InChI is InChI=1S/C6H17B2N/c1-5-6-9-8(4)7(2)3/h9H,5-6H2,1-4H3. The first kappa shape index (κ1) is 9.09. The maximum absolute atomic E-state index is 3.43. The summed E-state index contributed by atoms with van der Waals surface area (Å²) in [4.78, 5) is 0. The molecule has 0 fully saturated rings. The summed E-state index contributed by atoms with van der Waals surface area (Å²) in [6.07, 6.45) is 1.23. The SMILES string of the molecule is CCCNB(C)B(C)C. The second kappa shape index (κ2) is 4.92. The fourth-order valence-corrected chi connectivity index (χ4v) is 0.608. The van der Waals surface area contributed by atoms with E-state index < -0.39 is 0 Å². The first-order chi connectivity index (χ1) is 4.18. The zero-order valence-electron chi connectivity index (χ0n) is 7.07. The lowest BCUT2D eigenvalue weighted by atomic mass is 9.17. The van der Waals surface area contributed by atoms with Gasteiger partial charge in [0.2, 0.25) is 0 Å². The van der Waals surface area contributed by atoms with Crippen LogP contribution in [0.15, 0.2) is 0 Å². The third-order valence-electron chi connectivity index (χ3n) is 1.72. The van der Waals surface area contributed by atoms with Gasteiger partial charge < -0.3 is 5.23 Å². The number of nitrogens with one attached hydrogen (secondary N) is 1. The van der Waals surface area contributed by atoms with E-state index in [1.54, 1.807) is 0 Å². The van der Waals surface area contributed by atoms with Crippen LogP contribution in [0.3, 0.4) is 0 Å². The lowest BCUT2D eigenvalue weighted by Gasteiger charge is -2.10. The maximum Gasteiger partial charge on any atom is 0.180 e. The van der Waals surface area contributed by atoms with E-state index in [2.05, 4.69) is 32.6 Å². The molecule has 0 heterocycles. The highest BCUT2D eigenvalue weighted by Crippen LogP contribution is 1.85. The first-order valence-corrected chi connectivity index (χ1v) is 3.91. The summed E-state index contributed by atoms with van der Waals surface area (Å²) in [6.45, 7) is 11.5. The molecule has 52 valence electrons. The largest absolute Gasteiger partial charge is 0.362 e. The van der Waals surface area contributed by atoms with Crippen LogP contribution in [0, 0.1) is 0 Å². The van der Waals surface area contributed by atoms with Gasteiger partial charge in [0.1, 0.15) is 6.60 Å². The monoisotopic (exact) mass is 125 g/mol. The molecule has 0 aromatic carbocycles. The third kappa shape index (κ3) is 4.58. The molecule has 1 nitrogen and oxygen atoms in total. The Bertz CT molecular complexity index is 66.1. The fraction of sp³-hybridized carbons (Fsp3) is 1.00. The predicted molar refractivity (Wildman–Crippen MR) is 47.4 cm³/mol. The third-order valence-corrected chi connectivity index (χ3v) is 1.72. The summed E-state index contributed by atoms with van der Waals surface area (Å²) < 4.78 is 0. The molecule has 0 saturated carbocycles. The lowest BCUT2D eigenvalue weighted by molar-refractivity contribution is 0.858. The minimum atomic E-state index is 0.671. The van der Waals surface area contributed by atoms with Gasteiger partial charge in [0.05, 0.1) is 0 Å². The summed E-state index contributed by atoms with van der Waals surface area (Å²) in [7, 11) is 0. The minimum absolute atomic E-state index is 0.671. The van der Waals surface area contributed by atoms with Crippen molar-refractivity contribution in [3.63, 3.8) is 0 Å². The highest BCUT2D eigenvalue weighted by Gasteiger charge is 2.11. The topological polar surface area (TPSA) is 12.0 Å². The lowest BCUT2D eigenvalue weighted by Crippen LogP contribution is -2.42. The molecule has 0 aromatic rings. The van der Waals surface area contributed by atoms with Crippen LogP contribution in [0.5, 0.6) is 0 Å². The van der Waals surface area contributed by atoms with Crippen LogP contribution in [0.2, 0.25) is 20.5 Å². The molecule has 0 amide bonds. The number of rotatable bonds is 4. The van der Waals surface area contributed by atoms with E-state index in [9.17, 15) is 0 Å². The Morgan fingerprint density at radius 1 is 1.22 bits per heavy atom. The molecule has 0 unspecified atom stereocenters. The fourth-order valence-electron chi connectivity index (χ4n) is 0.608. The normalized spacial score (nSPS) is 9.33. The van der Waals surface area contributed by atoms with Crippen molar-refractivity contribution in [2.75, 3.05) is 6.54 Å². The first-order valence-electron chi connectivity index (χ1n) is 3.91. The molecule has 1 N–H and O–H groups in total. The van der Waals surface area contributed by atoms with Gasteiger partial charge in [-0.1, -0.05) is 27.4 Å². The Morgan fingerprint density at radius 2 is 1.78 bits per heavy atom. The van der Waals surface area contributed by atoms with E-state index in [4.69, 9.17) is 0 Å². The van der Waals surface area contributed by atoms with Crippen LogP contribution in [0.1, 0.15) is 13.3 Å². The van der Waals surface area contributed by atoms with Crippen molar-refractivity contribution in [3.8, 4) is 0 Å². The van der Waals surface area contributed by atoms with Crippen molar-refractivity contribution >= 4 is 13.3 Å². The van der Waals surface area contributed by atoms with Gasteiger partial charge in [0, 0.05) is 0 Å². The smallest absolute Gasteiger partial charge is 0.180 e. The number of hydrogen-bond donors (Lipinski definition) is 1. The molecule has 0 bridgehead atoms. The van der Waals surface area contributed by atoms with Crippen molar-refractivity contribution in [3.05, 3.63) is 0 Å². The second-order valence-electron chi connectivity index (χ2n) is 2.99. The van der Waals surface area contributed by atoms with E-state index >= 15 is 0 Å². The van der Waals surface area contributed by atoms with Gasteiger partial charge in [0.25, 0.3) is 0 Å². The Labute approximate surface area is 59.8 Å². The van der Waals surface area contributed by atoms with Crippen molar-refractivity contribution in [1.82, 2.24) is 5.23 Å². The molecule has 0 radical (unpaired) electrons. The van der Waals surface area contributed by atoms with Crippen molar-refractivity contribution in [1.29, 1.82) is 0 Å². The molecule has 9 heavy (non-hydrogen) atoms. The Hall–Kier alpha value is 0.0899. The summed E-state index contributed by atoms with van der Waals surface area (Å²) >= 11 is 0. The van der Waals surface area contributed by atoms with E-state index in [0.717, 1.165) is 13.1 Å². The summed E-state index contributed by atoms with van der Waals surface area (Å²) in [5.74, 6) is 0. The van der Waals surface area contributed by atoms with E-state index in [0.29, 0.717) is 6.74 Å². The second-order valence-corrected chi connectivity index (χ2v) is 2.99. The van der Waals surface area contributed by atoms with Gasteiger partial charge >= 0.3 is 0 Å². The molecule has 0 spiro atoms. The molecule has 0 aliphatic rings. The molecule has 3 heteroatoms. The van der Waals surface area contributed by atoms with Crippen LogP contribution in [-0.2, 0) is 0 Å². The highest BCUT2D eigenvalue weighted by atomic mass is 14.7. The molecule has 0 atom stereocenters. The van der Waals surface area contributed by atoms with Crippen LogP contribution in [0.25, 0.3) is 0 Å². The summed E-state index contributed by atoms with van der Waals surface area (Å²) in [6, 6.07) is 0. The average Bonchev–Trinajstić information content (AvgIpc) is 1.82. The molecular weight excluding hydrogens is 108 g/mol. The molecule has 0 aromatic heterocycles. The molecule has 0 aliphatic heterocycles. The van der Waals surface area contributed by atoms with Gasteiger partial charge in [-0.25, -0.2) is 0 Å². The van der Waals surface area contributed by atoms with Gasteiger partial charge in [-0.3, -0.25) is 0 Å². The van der Waals surface area contributed by atoms with Gasteiger partial charge in [-0.05, 0) is 13.0 Å². The molecular formula is C6H17B2N. The Morgan fingerprint density at radius 3 is 2.11 bits per heavy atom. The predicted octanol–water partition coefficient (Wildman–Crippen LogP) is 1.44. The number of hydrogen-bond acceptors (Lipinski definition) is 1.